The Balaban J connectivity index is 2.31. The zero-order valence-electron chi connectivity index (χ0n) is 10.5. The van der Waals surface area contributed by atoms with Crippen LogP contribution in [0.25, 0.3) is 0 Å². The largest absolute Gasteiger partial charge is 0.283 e. The lowest BCUT2D eigenvalue weighted by atomic mass is 10.1. The van der Waals surface area contributed by atoms with Crippen molar-refractivity contribution < 1.29 is 9.59 Å². The van der Waals surface area contributed by atoms with Crippen molar-refractivity contribution >= 4 is 23.3 Å². The number of hydrogen-bond donors (Lipinski definition) is 0. The van der Waals surface area contributed by atoms with E-state index in [9.17, 15) is 9.59 Å². The summed E-state index contributed by atoms with van der Waals surface area (Å²) < 4.78 is 0. The Bertz CT molecular complexity index is 643. The Morgan fingerprint density at radius 1 is 1.11 bits per heavy atom. The van der Waals surface area contributed by atoms with Gasteiger partial charge in [0.05, 0.1) is 5.03 Å². The molecule has 0 aromatic carbocycles. The van der Waals surface area contributed by atoms with Crippen LogP contribution in [0.1, 0.15) is 26.8 Å². The molecule has 2 heterocycles. The summed E-state index contributed by atoms with van der Waals surface area (Å²) in [6.45, 7) is 1.76. The van der Waals surface area contributed by atoms with Gasteiger partial charge in [-0.3, -0.25) is 9.59 Å². The molecule has 96 valence electrons. The van der Waals surface area contributed by atoms with E-state index >= 15 is 0 Å². The molecule has 0 spiro atoms. The summed E-state index contributed by atoms with van der Waals surface area (Å²) in [5, 5.41) is 0.642. The van der Waals surface area contributed by atoms with Gasteiger partial charge in [-0.05, 0) is 31.4 Å². The number of rotatable bonds is 4. The smallest absolute Gasteiger partial charge is 0.272 e. The summed E-state index contributed by atoms with van der Waals surface area (Å²) in [6, 6.07) is 6.62. The fourth-order valence-electron chi connectivity index (χ4n) is 1.45. The average Bonchev–Trinajstić information content (AvgIpc) is 2.45. The summed E-state index contributed by atoms with van der Waals surface area (Å²) in [5.41, 5.74) is 0.792. The second-order valence-corrected chi connectivity index (χ2v) is 4.57. The second-order valence-electron chi connectivity index (χ2n) is 3.75. The van der Waals surface area contributed by atoms with Gasteiger partial charge < -0.3 is 0 Å². The molecule has 0 amide bonds. The van der Waals surface area contributed by atoms with Crippen molar-refractivity contribution in [2.45, 2.75) is 11.9 Å². The van der Waals surface area contributed by atoms with E-state index < -0.39 is 11.6 Å². The molecule has 2 aromatic heterocycles. The number of nitrogens with zero attached hydrogens (tertiary/aromatic N) is 3. The molecule has 6 heteroatoms. The van der Waals surface area contributed by atoms with Crippen LogP contribution in [0, 0.1) is 6.92 Å². The van der Waals surface area contributed by atoms with Crippen molar-refractivity contribution in [1.29, 1.82) is 0 Å². The molecular weight excluding hydrogens is 262 g/mol. The molecule has 0 aliphatic carbocycles. The van der Waals surface area contributed by atoms with Crippen LogP contribution in [0.2, 0.25) is 0 Å². The molecular formula is C13H11N3O2S. The predicted molar refractivity (Wildman–Crippen MR) is 71.4 cm³/mol. The maximum absolute atomic E-state index is 12.0. The monoisotopic (exact) mass is 273 g/mol. The molecule has 5 nitrogen and oxygen atoms in total. The lowest BCUT2D eigenvalue weighted by Gasteiger charge is -2.01. The van der Waals surface area contributed by atoms with Crippen molar-refractivity contribution in [3.63, 3.8) is 0 Å². The number of thioether (sulfide) groups is 1. The van der Waals surface area contributed by atoms with E-state index in [0.29, 0.717) is 10.7 Å². The zero-order valence-corrected chi connectivity index (χ0v) is 11.3. The lowest BCUT2D eigenvalue weighted by Crippen LogP contribution is -2.19. The molecule has 0 fully saturated rings. The summed E-state index contributed by atoms with van der Waals surface area (Å²) in [5.74, 6) is -1.53. The van der Waals surface area contributed by atoms with Gasteiger partial charge in [0, 0.05) is 11.9 Å². The fraction of sp³-hybridized carbons (Fsp3) is 0.154. The normalized spacial score (nSPS) is 10.2. The number of pyridine rings is 1. The van der Waals surface area contributed by atoms with Gasteiger partial charge in [-0.15, -0.1) is 11.8 Å². The highest BCUT2D eigenvalue weighted by Crippen LogP contribution is 2.11. The number of aryl methyl sites for hydroxylation is 1. The number of aromatic nitrogens is 3. The molecule has 0 N–H and O–H groups in total. The molecule has 0 bridgehead atoms. The molecule has 2 rings (SSSR count). The summed E-state index contributed by atoms with van der Waals surface area (Å²) in [4.78, 5) is 35.9. The van der Waals surface area contributed by atoms with E-state index in [1.807, 2.05) is 6.26 Å². The third-order valence-electron chi connectivity index (χ3n) is 2.37. The number of carbonyl (C=O) groups excluding carboxylic acids is 2. The van der Waals surface area contributed by atoms with Crippen molar-refractivity contribution in [3.8, 4) is 0 Å². The molecule has 0 atom stereocenters. The van der Waals surface area contributed by atoms with Gasteiger partial charge in [0.2, 0.25) is 5.82 Å². The zero-order chi connectivity index (χ0) is 13.8. The first-order chi connectivity index (χ1) is 9.11. The highest BCUT2D eigenvalue weighted by atomic mass is 32.2. The highest BCUT2D eigenvalue weighted by molar-refractivity contribution is 7.98. The number of hydrogen-bond acceptors (Lipinski definition) is 6. The van der Waals surface area contributed by atoms with E-state index in [2.05, 4.69) is 15.0 Å². The summed E-state index contributed by atoms with van der Waals surface area (Å²) in [7, 11) is 0. The number of ketones is 2. The molecule has 19 heavy (non-hydrogen) atoms. The SMILES string of the molecule is CSc1ccnc(C(=O)C(=O)c2cccc(C)n2)n1. The maximum atomic E-state index is 12.0. The van der Waals surface area contributed by atoms with Crippen LogP contribution in [0.15, 0.2) is 35.5 Å². The van der Waals surface area contributed by atoms with Gasteiger partial charge in [-0.2, -0.15) is 0 Å². The maximum Gasteiger partial charge on any atom is 0.272 e. The standard InChI is InChI=1S/C13H11N3O2S/c1-8-4-3-5-9(15-8)11(17)12(18)13-14-7-6-10(16-13)19-2/h3-7H,1-2H3. The van der Waals surface area contributed by atoms with Crippen LogP contribution in [0.3, 0.4) is 0 Å². The first-order valence-corrected chi connectivity index (χ1v) is 6.74. The van der Waals surface area contributed by atoms with Gasteiger partial charge in [-0.25, -0.2) is 15.0 Å². The van der Waals surface area contributed by atoms with Gasteiger partial charge >= 0.3 is 0 Å². The average molecular weight is 273 g/mol. The van der Waals surface area contributed by atoms with E-state index in [0.717, 1.165) is 0 Å². The van der Waals surface area contributed by atoms with Crippen LogP contribution in [-0.4, -0.2) is 32.8 Å². The van der Waals surface area contributed by atoms with Gasteiger partial charge in [-0.1, -0.05) is 6.07 Å². The number of Topliss-reactive ketones (excluding diaryl/α,β-unsaturated/α-hetero) is 2. The Labute approximate surface area is 114 Å². The molecule has 2 aromatic rings. The van der Waals surface area contributed by atoms with Crippen molar-refractivity contribution in [1.82, 2.24) is 15.0 Å². The molecule has 0 radical (unpaired) electrons. The Morgan fingerprint density at radius 3 is 2.58 bits per heavy atom. The third-order valence-corrected chi connectivity index (χ3v) is 3.02. The van der Waals surface area contributed by atoms with Gasteiger partial charge in [0.25, 0.3) is 11.6 Å². The lowest BCUT2D eigenvalue weighted by molar-refractivity contribution is 0.0807. The van der Waals surface area contributed by atoms with Crippen LogP contribution >= 0.6 is 11.8 Å². The first-order valence-electron chi connectivity index (χ1n) is 5.51. The van der Waals surface area contributed by atoms with E-state index in [1.54, 1.807) is 25.1 Å². The minimum atomic E-state index is -0.742. The predicted octanol–water partition coefficient (Wildman–Crippen LogP) is 1.97. The quantitative estimate of drug-likeness (QED) is 0.367. The topological polar surface area (TPSA) is 72.8 Å². The van der Waals surface area contributed by atoms with Crippen molar-refractivity contribution in [3.05, 3.63) is 47.7 Å². The van der Waals surface area contributed by atoms with E-state index in [1.165, 1.54) is 24.0 Å². The first kappa shape index (κ1) is 13.4. The summed E-state index contributed by atoms with van der Waals surface area (Å²) >= 11 is 1.38. The van der Waals surface area contributed by atoms with Gasteiger partial charge in [0.15, 0.2) is 0 Å². The van der Waals surface area contributed by atoms with E-state index in [4.69, 9.17) is 0 Å². The van der Waals surface area contributed by atoms with Gasteiger partial charge in [0.1, 0.15) is 5.69 Å². The highest BCUT2D eigenvalue weighted by Gasteiger charge is 2.22. The van der Waals surface area contributed by atoms with Crippen molar-refractivity contribution in [2.75, 3.05) is 6.26 Å². The molecule has 0 saturated heterocycles. The van der Waals surface area contributed by atoms with Crippen LogP contribution in [0.5, 0.6) is 0 Å². The second kappa shape index (κ2) is 5.71. The molecule has 0 aliphatic heterocycles. The third kappa shape index (κ3) is 3.03. The molecule has 0 aliphatic rings. The molecule has 0 saturated carbocycles. The minimum absolute atomic E-state index is 0.0971. The fourth-order valence-corrected chi connectivity index (χ4v) is 1.83. The van der Waals surface area contributed by atoms with Crippen LogP contribution < -0.4 is 0 Å². The van der Waals surface area contributed by atoms with Crippen LogP contribution in [-0.2, 0) is 0 Å². The Hall–Kier alpha value is -2.08. The minimum Gasteiger partial charge on any atom is -0.283 e. The van der Waals surface area contributed by atoms with Crippen LogP contribution in [0.4, 0.5) is 0 Å². The summed E-state index contributed by atoms with van der Waals surface area (Å²) in [6.07, 6.45) is 3.30. The Kier molecular flexibility index (Phi) is 4.01. The Morgan fingerprint density at radius 2 is 1.89 bits per heavy atom. The molecule has 0 unspecified atom stereocenters. The van der Waals surface area contributed by atoms with Crippen molar-refractivity contribution in [2.24, 2.45) is 0 Å². The van der Waals surface area contributed by atoms with E-state index in [-0.39, 0.29) is 11.5 Å². The number of carbonyl (C=O) groups is 2.